The minimum Gasteiger partial charge on any atom is -0.207 e. The molecule has 0 aromatic heterocycles. The lowest BCUT2D eigenvalue weighted by Crippen LogP contribution is -2.02. The summed E-state index contributed by atoms with van der Waals surface area (Å²) in [6.45, 7) is 0. The molecule has 1 rings (SSSR count). The Morgan fingerprint density at radius 3 is 2.47 bits per heavy atom. The number of benzene rings is 1. The second-order valence-corrected chi connectivity index (χ2v) is 5.36. The molecule has 3 nitrogen and oxygen atoms in total. The van der Waals surface area contributed by atoms with E-state index in [1.165, 1.54) is 6.07 Å². The molecular weight excluding hydrogens is 264 g/mol. The second kappa shape index (κ2) is 4.35. The Morgan fingerprint density at radius 1 is 1.47 bits per heavy atom. The first-order valence-electron chi connectivity index (χ1n) is 3.64. The average Bonchev–Trinajstić information content (AvgIpc) is 2.15. The molecule has 0 heterocycles. The molecule has 0 spiro atoms. The van der Waals surface area contributed by atoms with Crippen LogP contribution in [0.25, 0.3) is 0 Å². The summed E-state index contributed by atoms with van der Waals surface area (Å²) in [7, 11) is 0.722. The Kier molecular flexibility index (Phi) is 3.55. The number of halogens is 3. The second-order valence-electron chi connectivity index (χ2n) is 2.59. The lowest BCUT2D eigenvalue weighted by Gasteiger charge is -2.05. The first kappa shape index (κ1) is 12.2. The highest BCUT2D eigenvalue weighted by Gasteiger charge is 2.23. The summed E-state index contributed by atoms with van der Waals surface area (Å²) in [4.78, 5) is -0.815. The highest BCUT2D eigenvalue weighted by Crippen LogP contribution is 2.26. The van der Waals surface area contributed by atoms with Crippen molar-refractivity contribution in [3.63, 3.8) is 0 Å². The van der Waals surface area contributed by atoms with Crippen molar-refractivity contribution in [1.82, 2.24) is 0 Å². The molecule has 0 atom stereocenters. The Balaban J connectivity index is 3.71. The van der Waals surface area contributed by atoms with E-state index >= 15 is 0 Å². The molecular formula is C8H4Cl2FNO2S. The fourth-order valence-electron chi connectivity index (χ4n) is 1.07. The molecule has 15 heavy (non-hydrogen) atoms. The third kappa shape index (κ3) is 2.40. The van der Waals surface area contributed by atoms with Crippen LogP contribution in [0.1, 0.15) is 11.1 Å². The van der Waals surface area contributed by atoms with E-state index < -0.39 is 19.8 Å². The molecule has 0 fully saturated rings. The van der Waals surface area contributed by atoms with Crippen molar-refractivity contribution in [2.24, 2.45) is 0 Å². The van der Waals surface area contributed by atoms with Gasteiger partial charge in [0.1, 0.15) is 16.8 Å². The average molecular weight is 268 g/mol. The first-order valence-corrected chi connectivity index (χ1v) is 6.48. The summed E-state index contributed by atoms with van der Waals surface area (Å²) in [5.74, 6) is -1.15. The molecule has 0 aliphatic carbocycles. The van der Waals surface area contributed by atoms with E-state index in [9.17, 15) is 12.8 Å². The van der Waals surface area contributed by atoms with E-state index in [2.05, 4.69) is 0 Å². The maximum atomic E-state index is 13.2. The smallest absolute Gasteiger partial charge is 0.207 e. The highest BCUT2D eigenvalue weighted by atomic mass is 35.7. The number of nitrogens with zero attached hydrogens (tertiary/aromatic N) is 1. The molecule has 1 aromatic rings. The number of hydrogen-bond acceptors (Lipinski definition) is 3. The van der Waals surface area contributed by atoms with Crippen molar-refractivity contribution < 1.29 is 12.8 Å². The van der Waals surface area contributed by atoms with E-state index in [4.69, 9.17) is 27.5 Å². The van der Waals surface area contributed by atoms with Gasteiger partial charge in [0, 0.05) is 16.6 Å². The molecule has 0 saturated carbocycles. The summed E-state index contributed by atoms with van der Waals surface area (Å²) in [5.41, 5.74) is -0.125. The van der Waals surface area contributed by atoms with E-state index in [0.29, 0.717) is 0 Å². The van der Waals surface area contributed by atoms with Gasteiger partial charge in [0.25, 0.3) is 9.05 Å². The summed E-state index contributed by atoms with van der Waals surface area (Å²) in [6, 6.07) is 3.73. The van der Waals surface area contributed by atoms with Crippen molar-refractivity contribution in [2.45, 2.75) is 10.8 Å². The van der Waals surface area contributed by atoms with Gasteiger partial charge in [-0.15, -0.1) is 11.6 Å². The van der Waals surface area contributed by atoms with Gasteiger partial charge in [-0.2, -0.15) is 5.26 Å². The molecule has 1 aromatic carbocycles. The maximum Gasteiger partial charge on any atom is 0.265 e. The molecule has 0 saturated heterocycles. The predicted molar refractivity (Wildman–Crippen MR) is 53.7 cm³/mol. The third-order valence-electron chi connectivity index (χ3n) is 1.70. The minimum atomic E-state index is -4.29. The molecule has 0 unspecified atom stereocenters. The minimum absolute atomic E-state index is 0.0947. The molecule has 0 bridgehead atoms. The monoisotopic (exact) mass is 267 g/mol. The van der Waals surface area contributed by atoms with Crippen LogP contribution in [0.2, 0.25) is 0 Å². The molecule has 0 amide bonds. The zero-order valence-electron chi connectivity index (χ0n) is 7.17. The molecule has 0 aliphatic rings. The summed E-state index contributed by atoms with van der Waals surface area (Å²) in [6.07, 6.45) is 0. The Labute approximate surface area is 95.5 Å². The quantitative estimate of drug-likeness (QED) is 0.611. The lowest BCUT2D eigenvalue weighted by molar-refractivity contribution is 0.574. The summed E-state index contributed by atoms with van der Waals surface area (Å²) in [5, 5.41) is 8.72. The maximum absolute atomic E-state index is 13.2. The van der Waals surface area contributed by atoms with Gasteiger partial charge in [0.05, 0.1) is 5.56 Å². The molecule has 0 N–H and O–H groups in total. The van der Waals surface area contributed by atoms with Gasteiger partial charge in [0.15, 0.2) is 0 Å². The normalized spacial score (nSPS) is 11.1. The van der Waals surface area contributed by atoms with Gasteiger partial charge in [0.2, 0.25) is 0 Å². The van der Waals surface area contributed by atoms with Crippen LogP contribution in [-0.4, -0.2) is 8.42 Å². The van der Waals surface area contributed by atoms with Crippen LogP contribution in [0.3, 0.4) is 0 Å². The van der Waals surface area contributed by atoms with Gasteiger partial charge < -0.3 is 0 Å². The lowest BCUT2D eigenvalue weighted by atomic mass is 10.1. The fourth-order valence-corrected chi connectivity index (χ4v) is 2.47. The van der Waals surface area contributed by atoms with Crippen molar-refractivity contribution in [3.8, 4) is 6.07 Å². The highest BCUT2D eigenvalue weighted by molar-refractivity contribution is 8.13. The first-order chi connectivity index (χ1) is 6.91. The number of alkyl halides is 1. The van der Waals surface area contributed by atoms with E-state index in [1.807, 2.05) is 0 Å². The van der Waals surface area contributed by atoms with Gasteiger partial charge in [-0.1, -0.05) is 6.07 Å². The molecule has 7 heteroatoms. The van der Waals surface area contributed by atoms with Crippen molar-refractivity contribution in [3.05, 3.63) is 29.1 Å². The Bertz CT molecular complexity index is 536. The zero-order valence-corrected chi connectivity index (χ0v) is 9.50. The third-order valence-corrected chi connectivity index (χ3v) is 3.33. The summed E-state index contributed by atoms with van der Waals surface area (Å²) >= 11 is 5.47. The van der Waals surface area contributed by atoms with Crippen LogP contribution < -0.4 is 0 Å². The SMILES string of the molecule is N#Cc1c(CCl)ccc(F)c1S(=O)(=O)Cl. The van der Waals surface area contributed by atoms with Gasteiger partial charge in [-0.25, -0.2) is 12.8 Å². The zero-order chi connectivity index (χ0) is 11.6. The standard InChI is InChI=1S/C8H4Cl2FNO2S/c9-3-5-1-2-7(11)8(6(5)4-12)15(10,13)14/h1-2H,3H2. The van der Waals surface area contributed by atoms with Gasteiger partial charge in [-0.05, 0) is 11.6 Å². The number of nitriles is 1. The fraction of sp³-hybridized carbons (Fsp3) is 0.125. The van der Waals surface area contributed by atoms with Gasteiger partial charge in [-0.3, -0.25) is 0 Å². The molecule has 0 radical (unpaired) electrons. The van der Waals surface area contributed by atoms with Crippen LogP contribution in [0.15, 0.2) is 17.0 Å². The molecule has 80 valence electrons. The number of rotatable bonds is 2. The summed E-state index contributed by atoms with van der Waals surface area (Å²) < 4.78 is 35.3. The predicted octanol–water partition coefficient (Wildman–Crippen LogP) is 2.36. The van der Waals surface area contributed by atoms with Crippen LogP contribution in [0.4, 0.5) is 4.39 Å². The van der Waals surface area contributed by atoms with Crippen molar-refractivity contribution in [1.29, 1.82) is 5.26 Å². The van der Waals surface area contributed by atoms with E-state index in [0.717, 1.165) is 6.07 Å². The molecule has 0 aliphatic heterocycles. The number of hydrogen-bond donors (Lipinski definition) is 0. The van der Waals surface area contributed by atoms with E-state index in [-0.39, 0.29) is 17.0 Å². The Hall–Kier alpha value is -0.830. The van der Waals surface area contributed by atoms with Crippen LogP contribution in [0.5, 0.6) is 0 Å². The van der Waals surface area contributed by atoms with Crippen LogP contribution in [0, 0.1) is 17.1 Å². The topological polar surface area (TPSA) is 57.9 Å². The largest absolute Gasteiger partial charge is 0.265 e. The van der Waals surface area contributed by atoms with Crippen LogP contribution >= 0.6 is 22.3 Å². The van der Waals surface area contributed by atoms with Crippen LogP contribution in [-0.2, 0) is 14.9 Å². The van der Waals surface area contributed by atoms with E-state index in [1.54, 1.807) is 6.07 Å². The van der Waals surface area contributed by atoms with Crippen molar-refractivity contribution >= 4 is 31.3 Å². The van der Waals surface area contributed by atoms with Gasteiger partial charge >= 0.3 is 0 Å². The van der Waals surface area contributed by atoms with Crippen molar-refractivity contribution in [2.75, 3.05) is 0 Å². The Morgan fingerprint density at radius 2 is 2.07 bits per heavy atom.